The second-order valence-electron chi connectivity index (χ2n) is 4.34. The third-order valence-corrected chi connectivity index (χ3v) is 2.91. The van der Waals surface area contributed by atoms with Gasteiger partial charge in [-0.2, -0.15) is 4.98 Å². The summed E-state index contributed by atoms with van der Waals surface area (Å²) in [6, 6.07) is 0. The summed E-state index contributed by atoms with van der Waals surface area (Å²) < 4.78 is 5.14. The van der Waals surface area contributed by atoms with Gasteiger partial charge in [0.25, 0.3) is 0 Å². The third-order valence-electron chi connectivity index (χ3n) is 2.91. The van der Waals surface area contributed by atoms with Crippen LogP contribution in [0.5, 0.6) is 0 Å². The Morgan fingerprint density at radius 1 is 1.36 bits per heavy atom. The summed E-state index contributed by atoms with van der Waals surface area (Å²) in [4.78, 5) is 15.1. The molecule has 2 saturated carbocycles. The van der Waals surface area contributed by atoms with E-state index in [-0.39, 0.29) is 0 Å². The van der Waals surface area contributed by atoms with Crippen molar-refractivity contribution in [2.45, 2.75) is 38.0 Å². The minimum absolute atomic E-state index is 0.362. The fourth-order valence-electron chi connectivity index (χ4n) is 1.83. The zero-order valence-electron chi connectivity index (χ0n) is 7.90. The van der Waals surface area contributed by atoms with Crippen LogP contribution in [0.25, 0.3) is 0 Å². The number of carbonyl (C=O) groups is 1. The van der Waals surface area contributed by atoms with E-state index in [1.807, 2.05) is 0 Å². The van der Waals surface area contributed by atoms with Crippen molar-refractivity contribution in [1.82, 2.24) is 10.1 Å². The lowest BCUT2D eigenvalue weighted by molar-refractivity contribution is -0.126. The summed E-state index contributed by atoms with van der Waals surface area (Å²) in [6.07, 6.45) is 4.58. The van der Waals surface area contributed by atoms with Crippen molar-refractivity contribution >= 4 is 5.78 Å². The van der Waals surface area contributed by atoms with Gasteiger partial charge in [0, 0.05) is 25.2 Å². The quantitative estimate of drug-likeness (QED) is 0.727. The molecule has 0 radical (unpaired) electrons. The summed E-state index contributed by atoms with van der Waals surface area (Å²) in [6.45, 7) is 0. The molecule has 0 atom stereocenters. The Bertz CT molecular complexity index is 360. The molecule has 3 rings (SSSR count). The number of carbonyl (C=O) groups excluding carboxylic acids is 1. The molecule has 74 valence electrons. The zero-order valence-corrected chi connectivity index (χ0v) is 7.90. The minimum Gasteiger partial charge on any atom is -0.339 e. The second kappa shape index (κ2) is 2.90. The van der Waals surface area contributed by atoms with Crippen LogP contribution >= 0.6 is 0 Å². The lowest BCUT2D eigenvalue weighted by Gasteiger charge is -2.21. The van der Waals surface area contributed by atoms with Crippen molar-refractivity contribution < 1.29 is 9.32 Å². The third kappa shape index (κ3) is 1.45. The molecule has 1 aromatic rings. The van der Waals surface area contributed by atoms with Crippen LogP contribution in [-0.2, 0) is 11.2 Å². The van der Waals surface area contributed by atoms with Crippen molar-refractivity contribution in [1.29, 1.82) is 0 Å². The summed E-state index contributed by atoms with van der Waals surface area (Å²) >= 11 is 0. The van der Waals surface area contributed by atoms with Gasteiger partial charge in [-0.25, -0.2) is 0 Å². The van der Waals surface area contributed by atoms with Gasteiger partial charge >= 0.3 is 0 Å². The number of Topliss-reactive ketones (excluding diaryl/α,β-unsaturated/α-hetero) is 1. The maximum Gasteiger partial charge on any atom is 0.229 e. The number of hydrogen-bond acceptors (Lipinski definition) is 4. The normalized spacial score (nSPS) is 22.4. The van der Waals surface area contributed by atoms with Crippen LogP contribution < -0.4 is 0 Å². The van der Waals surface area contributed by atoms with Crippen LogP contribution in [0.3, 0.4) is 0 Å². The molecule has 2 fully saturated rings. The summed E-state index contributed by atoms with van der Waals surface area (Å²) in [5.41, 5.74) is 0. The number of hydrogen-bond donors (Lipinski definition) is 0. The molecule has 14 heavy (non-hydrogen) atoms. The first-order valence-electron chi connectivity index (χ1n) is 5.15. The molecule has 0 spiro atoms. The lowest BCUT2D eigenvalue weighted by atomic mass is 9.81. The van der Waals surface area contributed by atoms with Crippen LogP contribution in [0.2, 0.25) is 0 Å². The number of ketones is 1. The topological polar surface area (TPSA) is 56.0 Å². The predicted molar refractivity (Wildman–Crippen MR) is 47.7 cm³/mol. The van der Waals surface area contributed by atoms with Crippen LogP contribution in [0.1, 0.15) is 43.3 Å². The van der Waals surface area contributed by atoms with E-state index in [4.69, 9.17) is 4.52 Å². The van der Waals surface area contributed by atoms with E-state index in [0.717, 1.165) is 18.1 Å². The Kier molecular flexibility index (Phi) is 1.69. The molecule has 2 aliphatic carbocycles. The summed E-state index contributed by atoms with van der Waals surface area (Å²) in [5, 5.41) is 3.93. The Morgan fingerprint density at radius 3 is 2.79 bits per heavy atom. The molecule has 0 aromatic carbocycles. The molecule has 0 unspecified atom stereocenters. The van der Waals surface area contributed by atoms with Crippen LogP contribution in [0.4, 0.5) is 0 Å². The fraction of sp³-hybridized carbons (Fsp3) is 0.700. The first-order valence-corrected chi connectivity index (χ1v) is 5.15. The first kappa shape index (κ1) is 8.15. The van der Waals surface area contributed by atoms with Crippen molar-refractivity contribution in [3.05, 3.63) is 11.7 Å². The molecular weight excluding hydrogens is 180 g/mol. The molecule has 0 amide bonds. The van der Waals surface area contributed by atoms with Crippen molar-refractivity contribution in [3.63, 3.8) is 0 Å². The highest BCUT2D eigenvalue weighted by Crippen LogP contribution is 2.39. The Balaban J connectivity index is 1.62. The zero-order chi connectivity index (χ0) is 9.54. The van der Waals surface area contributed by atoms with Gasteiger partial charge in [-0.15, -0.1) is 0 Å². The van der Waals surface area contributed by atoms with Crippen molar-refractivity contribution in [2.75, 3.05) is 0 Å². The standard InChI is InChI=1S/C10H12N2O2/c13-8-3-6(4-8)5-9-11-10(14-12-9)7-1-2-7/h6-7H,1-5H2. The van der Waals surface area contributed by atoms with Gasteiger partial charge in [0.05, 0.1) is 0 Å². The predicted octanol–water partition coefficient (Wildman–Crippen LogP) is 1.47. The molecule has 0 bridgehead atoms. The Morgan fingerprint density at radius 2 is 2.14 bits per heavy atom. The highest BCUT2D eigenvalue weighted by Gasteiger charge is 2.31. The van der Waals surface area contributed by atoms with Crippen molar-refractivity contribution in [3.8, 4) is 0 Å². The van der Waals surface area contributed by atoms with Crippen LogP contribution in [0.15, 0.2) is 4.52 Å². The highest BCUT2D eigenvalue weighted by atomic mass is 16.5. The van der Waals surface area contributed by atoms with E-state index >= 15 is 0 Å². The SMILES string of the molecule is O=C1CC(Cc2noc(C3CC3)n2)C1. The van der Waals surface area contributed by atoms with E-state index in [1.54, 1.807) is 0 Å². The number of rotatable bonds is 3. The van der Waals surface area contributed by atoms with Gasteiger partial charge in [-0.3, -0.25) is 4.79 Å². The Labute approximate surface area is 81.7 Å². The Hall–Kier alpha value is -1.19. The van der Waals surface area contributed by atoms with E-state index in [1.165, 1.54) is 12.8 Å². The van der Waals surface area contributed by atoms with Gasteiger partial charge in [-0.1, -0.05) is 5.16 Å². The van der Waals surface area contributed by atoms with E-state index in [0.29, 0.717) is 30.5 Å². The van der Waals surface area contributed by atoms with E-state index in [2.05, 4.69) is 10.1 Å². The maximum absolute atomic E-state index is 10.8. The van der Waals surface area contributed by atoms with Gasteiger partial charge in [0.15, 0.2) is 5.82 Å². The van der Waals surface area contributed by atoms with E-state index < -0.39 is 0 Å². The lowest BCUT2D eigenvalue weighted by Crippen LogP contribution is -2.25. The minimum atomic E-state index is 0.362. The molecular formula is C10H12N2O2. The molecule has 2 aliphatic rings. The average molecular weight is 192 g/mol. The van der Waals surface area contributed by atoms with Crippen LogP contribution in [-0.4, -0.2) is 15.9 Å². The molecule has 4 nitrogen and oxygen atoms in total. The van der Waals surface area contributed by atoms with Crippen LogP contribution in [0, 0.1) is 5.92 Å². The smallest absolute Gasteiger partial charge is 0.229 e. The second-order valence-corrected chi connectivity index (χ2v) is 4.34. The summed E-state index contributed by atoms with van der Waals surface area (Å²) in [7, 11) is 0. The highest BCUT2D eigenvalue weighted by molar-refractivity contribution is 5.84. The van der Waals surface area contributed by atoms with Crippen molar-refractivity contribution in [2.24, 2.45) is 5.92 Å². The van der Waals surface area contributed by atoms with Gasteiger partial charge in [0.2, 0.25) is 5.89 Å². The van der Waals surface area contributed by atoms with Gasteiger partial charge in [0.1, 0.15) is 5.78 Å². The number of aromatic nitrogens is 2. The van der Waals surface area contributed by atoms with Gasteiger partial charge in [-0.05, 0) is 18.8 Å². The maximum atomic E-state index is 10.8. The largest absolute Gasteiger partial charge is 0.339 e. The fourth-order valence-corrected chi connectivity index (χ4v) is 1.83. The molecule has 4 heteroatoms. The summed E-state index contributed by atoms with van der Waals surface area (Å²) in [5.74, 6) is 2.93. The molecule has 0 saturated heterocycles. The van der Waals surface area contributed by atoms with Gasteiger partial charge < -0.3 is 4.52 Å². The molecule has 1 aromatic heterocycles. The molecule has 1 heterocycles. The monoisotopic (exact) mass is 192 g/mol. The van der Waals surface area contributed by atoms with E-state index in [9.17, 15) is 4.79 Å². The average Bonchev–Trinajstić information content (AvgIpc) is 2.86. The number of nitrogens with zero attached hydrogens (tertiary/aromatic N) is 2. The molecule has 0 N–H and O–H groups in total. The first-order chi connectivity index (χ1) is 6.81. The molecule has 0 aliphatic heterocycles.